The van der Waals surface area contributed by atoms with E-state index in [1.54, 1.807) is 34.8 Å². The Morgan fingerprint density at radius 3 is 2.42 bits per heavy atom. The minimum atomic E-state index is -0.600. The Morgan fingerprint density at radius 1 is 1.05 bits per heavy atom. The second kappa shape index (κ2) is 11.4. The molecule has 2 fully saturated rings. The molecule has 0 aliphatic carbocycles. The van der Waals surface area contributed by atoms with Gasteiger partial charge in [-0.25, -0.2) is 4.39 Å². The number of aryl methyl sites for hydroxylation is 1. The van der Waals surface area contributed by atoms with Crippen LogP contribution in [0.2, 0.25) is 0 Å². The van der Waals surface area contributed by atoms with E-state index in [0.717, 1.165) is 24.8 Å². The molecular formula is C31H36FN3O5. The predicted octanol–water partition coefficient (Wildman–Crippen LogP) is 4.24. The van der Waals surface area contributed by atoms with Gasteiger partial charge in [-0.3, -0.25) is 14.4 Å². The van der Waals surface area contributed by atoms with E-state index in [4.69, 9.17) is 9.47 Å². The lowest BCUT2D eigenvalue weighted by Gasteiger charge is -2.36. The van der Waals surface area contributed by atoms with Crippen LogP contribution in [0.5, 0.6) is 5.75 Å². The molecule has 2 amide bonds. The number of nitrogens with zero attached hydrogens (tertiary/aromatic N) is 3. The number of benzene rings is 2. The first kappa shape index (κ1) is 27.8. The summed E-state index contributed by atoms with van der Waals surface area (Å²) in [6.07, 6.45) is 4.03. The fourth-order valence-electron chi connectivity index (χ4n) is 5.82. The maximum atomic E-state index is 13.7. The van der Waals surface area contributed by atoms with Crippen LogP contribution < -0.4 is 4.74 Å². The van der Waals surface area contributed by atoms with Crippen LogP contribution in [0.1, 0.15) is 53.0 Å². The van der Waals surface area contributed by atoms with Crippen LogP contribution in [0.15, 0.2) is 42.6 Å². The molecule has 2 aliphatic rings. The standard InChI is InChI=1S/C31H36FN3O5/c1-19-18-40-20(2)16-35(19)31(38)29(36)26-17-33(3)27-15-28(39-4)25(14-24(26)27)30(37)34-11-9-22(10-12-34)13-21-5-7-23(32)8-6-21/h5-8,14-15,17,19-20,22H,9-13,16,18H2,1-4H3/t19-,20+/m0/s1. The van der Waals surface area contributed by atoms with Gasteiger partial charge in [-0.15, -0.1) is 0 Å². The van der Waals surface area contributed by atoms with Gasteiger partial charge in [-0.2, -0.15) is 0 Å². The number of methoxy groups -OCH3 is 1. The highest BCUT2D eigenvalue weighted by molar-refractivity contribution is 6.45. The second-order valence-electron chi connectivity index (χ2n) is 11.1. The number of aromatic nitrogens is 1. The molecule has 3 heterocycles. The summed E-state index contributed by atoms with van der Waals surface area (Å²) in [5, 5.41) is 0.546. The fourth-order valence-corrected chi connectivity index (χ4v) is 5.82. The average Bonchev–Trinajstić information content (AvgIpc) is 3.29. The third kappa shape index (κ3) is 5.47. The van der Waals surface area contributed by atoms with Crippen LogP contribution in [0.25, 0.3) is 10.9 Å². The summed E-state index contributed by atoms with van der Waals surface area (Å²) in [6, 6.07) is 9.83. The zero-order valence-corrected chi connectivity index (χ0v) is 23.5. The first-order valence-corrected chi connectivity index (χ1v) is 13.8. The Morgan fingerprint density at radius 2 is 1.75 bits per heavy atom. The maximum Gasteiger partial charge on any atom is 0.295 e. The summed E-state index contributed by atoms with van der Waals surface area (Å²) in [4.78, 5) is 43.8. The van der Waals surface area contributed by atoms with E-state index in [2.05, 4.69) is 0 Å². The van der Waals surface area contributed by atoms with Crippen molar-refractivity contribution >= 4 is 28.5 Å². The highest BCUT2D eigenvalue weighted by atomic mass is 19.1. The minimum Gasteiger partial charge on any atom is -0.496 e. The third-order valence-electron chi connectivity index (χ3n) is 8.19. The molecule has 2 saturated heterocycles. The number of carbonyl (C=O) groups excluding carboxylic acids is 3. The maximum absolute atomic E-state index is 13.7. The van der Waals surface area contributed by atoms with E-state index >= 15 is 0 Å². The molecular weight excluding hydrogens is 513 g/mol. The number of likely N-dealkylation sites (tertiary alicyclic amines) is 1. The second-order valence-corrected chi connectivity index (χ2v) is 11.1. The molecule has 212 valence electrons. The van der Waals surface area contributed by atoms with Crippen LogP contribution in [0.4, 0.5) is 4.39 Å². The van der Waals surface area contributed by atoms with Gasteiger partial charge in [0.15, 0.2) is 0 Å². The highest BCUT2D eigenvalue weighted by Crippen LogP contribution is 2.32. The smallest absolute Gasteiger partial charge is 0.295 e. The van der Waals surface area contributed by atoms with Crippen LogP contribution in [-0.4, -0.2) is 77.5 Å². The highest BCUT2D eigenvalue weighted by Gasteiger charge is 2.34. The third-order valence-corrected chi connectivity index (χ3v) is 8.19. The van der Waals surface area contributed by atoms with Gasteiger partial charge in [0.05, 0.1) is 42.5 Å². The van der Waals surface area contributed by atoms with Crippen molar-refractivity contribution in [2.45, 2.75) is 45.3 Å². The fraction of sp³-hybridized carbons (Fsp3) is 0.452. The molecule has 5 rings (SSSR count). The van der Waals surface area contributed by atoms with Gasteiger partial charge in [0.2, 0.25) is 0 Å². The number of amides is 2. The molecule has 40 heavy (non-hydrogen) atoms. The number of hydrogen-bond donors (Lipinski definition) is 0. The molecule has 2 aromatic carbocycles. The number of fused-ring (bicyclic) bond motifs is 1. The van der Waals surface area contributed by atoms with Crippen molar-refractivity contribution < 1.29 is 28.2 Å². The summed E-state index contributed by atoms with van der Waals surface area (Å²) >= 11 is 0. The minimum absolute atomic E-state index is 0.145. The molecule has 8 nitrogen and oxygen atoms in total. The Hall–Kier alpha value is -3.72. The number of piperidine rings is 1. The average molecular weight is 550 g/mol. The van der Waals surface area contributed by atoms with E-state index in [1.165, 1.54) is 19.2 Å². The van der Waals surface area contributed by atoms with Crippen molar-refractivity contribution in [2.24, 2.45) is 13.0 Å². The molecule has 2 aliphatic heterocycles. The molecule has 0 N–H and O–H groups in total. The Bertz CT molecular complexity index is 1420. The molecule has 0 radical (unpaired) electrons. The number of hydrogen-bond acceptors (Lipinski definition) is 5. The van der Waals surface area contributed by atoms with Crippen molar-refractivity contribution in [3.8, 4) is 5.75 Å². The molecule has 1 aromatic heterocycles. The number of ketones is 1. The molecule has 0 bridgehead atoms. The van der Waals surface area contributed by atoms with Crippen LogP contribution >= 0.6 is 0 Å². The summed E-state index contributed by atoms with van der Waals surface area (Å²) < 4.78 is 26.2. The van der Waals surface area contributed by atoms with E-state index in [9.17, 15) is 18.8 Å². The van der Waals surface area contributed by atoms with E-state index in [0.29, 0.717) is 54.4 Å². The molecule has 0 saturated carbocycles. The van der Waals surface area contributed by atoms with Crippen molar-refractivity contribution in [3.63, 3.8) is 0 Å². The normalized spacial score (nSPS) is 20.1. The number of morpholine rings is 1. The van der Waals surface area contributed by atoms with Crippen LogP contribution in [0, 0.1) is 11.7 Å². The number of ether oxygens (including phenoxy) is 2. The van der Waals surface area contributed by atoms with Gasteiger partial charge >= 0.3 is 0 Å². The number of halogens is 1. The van der Waals surface area contributed by atoms with Gasteiger partial charge in [0, 0.05) is 44.3 Å². The topological polar surface area (TPSA) is 81.1 Å². The summed E-state index contributed by atoms with van der Waals surface area (Å²) in [7, 11) is 3.32. The Balaban J connectivity index is 1.36. The van der Waals surface area contributed by atoms with Crippen LogP contribution in [-0.2, 0) is 23.0 Å². The quantitative estimate of drug-likeness (QED) is 0.340. The molecule has 2 atom stereocenters. The lowest BCUT2D eigenvalue weighted by Crippen LogP contribution is -2.52. The SMILES string of the molecule is COc1cc2c(cc1C(=O)N1CCC(Cc3ccc(F)cc3)CC1)c(C(=O)C(=O)N1C[C@@H](C)OC[C@@H]1C)cn2C. The van der Waals surface area contributed by atoms with E-state index < -0.39 is 11.7 Å². The zero-order valence-electron chi connectivity index (χ0n) is 23.5. The van der Waals surface area contributed by atoms with E-state index in [-0.39, 0.29) is 29.4 Å². The molecule has 0 spiro atoms. The first-order valence-electron chi connectivity index (χ1n) is 13.8. The van der Waals surface area contributed by atoms with Crippen molar-refractivity contribution in [1.29, 1.82) is 0 Å². The lowest BCUT2D eigenvalue weighted by molar-refractivity contribution is -0.138. The number of rotatable bonds is 6. The first-order chi connectivity index (χ1) is 19.2. The zero-order chi connectivity index (χ0) is 28.6. The van der Waals surface area contributed by atoms with Crippen LogP contribution in [0.3, 0.4) is 0 Å². The van der Waals surface area contributed by atoms with E-state index in [1.807, 2.05) is 30.9 Å². The summed E-state index contributed by atoms with van der Waals surface area (Å²) in [5.74, 6) is -0.739. The van der Waals surface area contributed by atoms with Gasteiger partial charge in [-0.1, -0.05) is 12.1 Å². The molecule has 0 unspecified atom stereocenters. The van der Waals surface area contributed by atoms with Gasteiger partial charge < -0.3 is 23.8 Å². The van der Waals surface area contributed by atoms with Crippen molar-refractivity contribution in [1.82, 2.24) is 14.4 Å². The molecule has 9 heteroatoms. The predicted molar refractivity (Wildman–Crippen MR) is 149 cm³/mol. The Labute approximate surface area is 233 Å². The van der Waals surface area contributed by atoms with Gasteiger partial charge in [0.1, 0.15) is 11.6 Å². The largest absolute Gasteiger partial charge is 0.496 e. The van der Waals surface area contributed by atoms with Gasteiger partial charge in [-0.05, 0) is 62.8 Å². The molecule has 3 aromatic rings. The van der Waals surface area contributed by atoms with Gasteiger partial charge in [0.25, 0.3) is 17.6 Å². The Kier molecular flexibility index (Phi) is 7.94. The summed E-state index contributed by atoms with van der Waals surface area (Å²) in [6.45, 7) is 5.67. The summed E-state index contributed by atoms with van der Waals surface area (Å²) in [5.41, 5.74) is 2.43. The lowest BCUT2D eigenvalue weighted by atomic mass is 9.90. The van der Waals surface area contributed by atoms with Crippen molar-refractivity contribution in [2.75, 3.05) is 33.4 Å². The van der Waals surface area contributed by atoms with Crippen molar-refractivity contribution in [3.05, 3.63) is 65.1 Å². The number of carbonyl (C=O) groups is 3. The number of Topliss-reactive ketones (excluding diaryl/α,β-unsaturated/α-hetero) is 1. The monoisotopic (exact) mass is 549 g/mol.